The number of rotatable bonds is 6. The lowest BCUT2D eigenvalue weighted by atomic mass is 10.1. The molecule has 1 aliphatic heterocycles. The van der Waals surface area contributed by atoms with E-state index in [4.69, 9.17) is 4.74 Å². The van der Waals surface area contributed by atoms with Crippen molar-refractivity contribution in [1.29, 1.82) is 0 Å². The van der Waals surface area contributed by atoms with E-state index in [0.29, 0.717) is 0 Å². The molecule has 0 aliphatic carbocycles. The number of hydrogen-bond donors (Lipinski definition) is 0. The third kappa shape index (κ3) is 2.94. The molecule has 0 bridgehead atoms. The molecule has 0 amide bonds. The average molecular weight is 170 g/mol. The van der Waals surface area contributed by atoms with Crippen molar-refractivity contribution >= 4 is 5.78 Å². The maximum atomic E-state index is 10.8. The maximum absolute atomic E-state index is 10.8. The number of hydrogen-bond acceptors (Lipinski definition) is 2. The highest BCUT2D eigenvalue weighted by Gasteiger charge is 2.41. The third-order valence-corrected chi connectivity index (χ3v) is 2.33. The molecule has 1 aliphatic rings. The van der Waals surface area contributed by atoms with E-state index >= 15 is 0 Å². The summed E-state index contributed by atoms with van der Waals surface area (Å²) < 4.78 is 5.21. The molecule has 12 heavy (non-hydrogen) atoms. The lowest BCUT2D eigenvalue weighted by Gasteiger charge is -1.94. The van der Waals surface area contributed by atoms with Crippen molar-refractivity contribution in [2.45, 2.75) is 58.2 Å². The van der Waals surface area contributed by atoms with Gasteiger partial charge in [0.15, 0.2) is 5.78 Å². The van der Waals surface area contributed by atoms with Gasteiger partial charge in [0.1, 0.15) is 6.10 Å². The van der Waals surface area contributed by atoms with Crippen LogP contribution in [0.4, 0.5) is 0 Å². The van der Waals surface area contributed by atoms with E-state index in [1.54, 1.807) is 6.92 Å². The predicted octanol–water partition coefficient (Wildman–Crippen LogP) is 2.31. The van der Waals surface area contributed by atoms with Crippen LogP contribution in [0, 0.1) is 0 Å². The summed E-state index contributed by atoms with van der Waals surface area (Å²) in [7, 11) is 0. The van der Waals surface area contributed by atoms with Gasteiger partial charge in [-0.1, -0.05) is 32.6 Å². The molecule has 0 N–H and O–H groups in total. The number of epoxide rings is 1. The SMILES string of the molecule is CCCCCCC1OC1C(C)=O. The Kier molecular flexibility index (Phi) is 3.73. The van der Waals surface area contributed by atoms with Crippen LogP contribution in [-0.2, 0) is 9.53 Å². The van der Waals surface area contributed by atoms with Crippen molar-refractivity contribution in [2.75, 3.05) is 0 Å². The van der Waals surface area contributed by atoms with Crippen molar-refractivity contribution in [2.24, 2.45) is 0 Å². The first-order valence-corrected chi connectivity index (χ1v) is 4.91. The summed E-state index contributed by atoms with van der Waals surface area (Å²) in [5, 5.41) is 0. The Bertz CT molecular complexity index is 154. The fraction of sp³-hybridized carbons (Fsp3) is 0.900. The van der Waals surface area contributed by atoms with Crippen LogP contribution in [0.1, 0.15) is 46.0 Å². The molecule has 70 valence electrons. The minimum Gasteiger partial charge on any atom is -0.361 e. The molecule has 1 saturated heterocycles. The summed E-state index contributed by atoms with van der Waals surface area (Å²) in [6, 6.07) is 0. The average Bonchev–Trinajstić information content (AvgIpc) is 2.77. The topological polar surface area (TPSA) is 29.6 Å². The molecule has 2 atom stereocenters. The second kappa shape index (κ2) is 4.61. The third-order valence-electron chi connectivity index (χ3n) is 2.33. The summed E-state index contributed by atoms with van der Waals surface area (Å²) in [5.74, 6) is 0.190. The van der Waals surface area contributed by atoms with Crippen LogP contribution in [0.2, 0.25) is 0 Å². The molecule has 2 unspecified atom stereocenters. The minimum atomic E-state index is -0.0494. The number of ether oxygens (including phenoxy) is 1. The van der Waals surface area contributed by atoms with Crippen LogP contribution in [0.25, 0.3) is 0 Å². The highest BCUT2D eigenvalue weighted by atomic mass is 16.6. The molecule has 0 aromatic heterocycles. The second-order valence-electron chi connectivity index (χ2n) is 3.56. The van der Waals surface area contributed by atoms with Crippen LogP contribution in [0.3, 0.4) is 0 Å². The van der Waals surface area contributed by atoms with Crippen LogP contribution in [-0.4, -0.2) is 18.0 Å². The van der Waals surface area contributed by atoms with Crippen molar-refractivity contribution in [3.63, 3.8) is 0 Å². The minimum absolute atomic E-state index is 0.0494. The molecule has 1 fully saturated rings. The van der Waals surface area contributed by atoms with E-state index in [9.17, 15) is 4.79 Å². The molecule has 0 aromatic carbocycles. The first kappa shape index (κ1) is 9.72. The zero-order valence-corrected chi connectivity index (χ0v) is 8.01. The summed E-state index contributed by atoms with van der Waals surface area (Å²) in [4.78, 5) is 10.8. The van der Waals surface area contributed by atoms with Crippen LogP contribution in [0.15, 0.2) is 0 Å². The van der Waals surface area contributed by atoms with E-state index in [2.05, 4.69) is 6.92 Å². The van der Waals surface area contributed by atoms with E-state index in [1.807, 2.05) is 0 Å². The van der Waals surface area contributed by atoms with Gasteiger partial charge in [0.2, 0.25) is 0 Å². The van der Waals surface area contributed by atoms with Gasteiger partial charge in [-0.25, -0.2) is 0 Å². The largest absolute Gasteiger partial charge is 0.361 e. The molecule has 2 heteroatoms. The van der Waals surface area contributed by atoms with Gasteiger partial charge >= 0.3 is 0 Å². The molecule has 1 rings (SSSR count). The summed E-state index contributed by atoms with van der Waals surface area (Å²) in [6.45, 7) is 3.81. The predicted molar refractivity (Wildman–Crippen MR) is 48.1 cm³/mol. The Morgan fingerprint density at radius 1 is 1.33 bits per heavy atom. The van der Waals surface area contributed by atoms with E-state index in [1.165, 1.54) is 25.7 Å². The molecule has 2 nitrogen and oxygen atoms in total. The quantitative estimate of drug-likeness (QED) is 0.452. The number of unbranched alkanes of at least 4 members (excludes halogenated alkanes) is 3. The Morgan fingerprint density at radius 2 is 2.08 bits per heavy atom. The zero-order valence-electron chi connectivity index (χ0n) is 8.01. The van der Waals surface area contributed by atoms with E-state index in [0.717, 1.165) is 6.42 Å². The van der Waals surface area contributed by atoms with E-state index < -0.39 is 0 Å². The molecule has 0 aromatic rings. The fourth-order valence-corrected chi connectivity index (χ4v) is 1.49. The number of carbonyl (C=O) groups is 1. The smallest absolute Gasteiger partial charge is 0.161 e. The number of carbonyl (C=O) groups excluding carboxylic acids is 1. The van der Waals surface area contributed by atoms with Crippen LogP contribution >= 0.6 is 0 Å². The first-order chi connectivity index (χ1) is 5.75. The lowest BCUT2D eigenvalue weighted by Crippen LogP contribution is -2.04. The normalized spacial score (nSPS) is 27.2. The maximum Gasteiger partial charge on any atom is 0.161 e. The molecule has 0 radical (unpaired) electrons. The van der Waals surface area contributed by atoms with Gasteiger partial charge in [-0.05, 0) is 13.3 Å². The van der Waals surface area contributed by atoms with Gasteiger partial charge in [-0.15, -0.1) is 0 Å². The van der Waals surface area contributed by atoms with E-state index in [-0.39, 0.29) is 18.0 Å². The standard InChI is InChI=1S/C10H18O2/c1-3-4-5-6-7-9-10(12-9)8(2)11/h9-10H,3-7H2,1-2H3. The summed E-state index contributed by atoms with van der Waals surface area (Å²) in [5.41, 5.74) is 0. The Labute approximate surface area is 74.3 Å². The van der Waals surface area contributed by atoms with Gasteiger partial charge in [0, 0.05) is 0 Å². The van der Waals surface area contributed by atoms with Crippen LogP contribution in [0.5, 0.6) is 0 Å². The Morgan fingerprint density at radius 3 is 2.58 bits per heavy atom. The monoisotopic (exact) mass is 170 g/mol. The van der Waals surface area contributed by atoms with Crippen molar-refractivity contribution in [3.8, 4) is 0 Å². The van der Waals surface area contributed by atoms with Gasteiger partial charge in [0.05, 0.1) is 6.10 Å². The van der Waals surface area contributed by atoms with Gasteiger partial charge in [0.25, 0.3) is 0 Å². The number of Topliss-reactive ketones (excluding diaryl/α,β-unsaturated/α-hetero) is 1. The van der Waals surface area contributed by atoms with Gasteiger partial charge < -0.3 is 4.74 Å². The van der Waals surface area contributed by atoms with Crippen LogP contribution < -0.4 is 0 Å². The highest BCUT2D eigenvalue weighted by molar-refractivity contribution is 5.83. The number of ketones is 1. The van der Waals surface area contributed by atoms with Crippen molar-refractivity contribution in [3.05, 3.63) is 0 Å². The molecule has 0 saturated carbocycles. The van der Waals surface area contributed by atoms with Gasteiger partial charge in [-0.2, -0.15) is 0 Å². The molecule has 1 heterocycles. The second-order valence-corrected chi connectivity index (χ2v) is 3.56. The van der Waals surface area contributed by atoms with Gasteiger partial charge in [-0.3, -0.25) is 4.79 Å². The molecule has 0 spiro atoms. The Balaban J connectivity index is 1.93. The first-order valence-electron chi connectivity index (χ1n) is 4.91. The zero-order chi connectivity index (χ0) is 8.97. The summed E-state index contributed by atoms with van der Waals surface area (Å²) >= 11 is 0. The lowest BCUT2D eigenvalue weighted by molar-refractivity contribution is -0.118. The molecular weight excluding hydrogens is 152 g/mol. The Hall–Kier alpha value is -0.370. The van der Waals surface area contributed by atoms with Crippen molar-refractivity contribution in [1.82, 2.24) is 0 Å². The van der Waals surface area contributed by atoms with Crippen molar-refractivity contribution < 1.29 is 9.53 Å². The molecular formula is C10H18O2. The fourth-order valence-electron chi connectivity index (χ4n) is 1.49. The summed E-state index contributed by atoms with van der Waals surface area (Å²) in [6.07, 6.45) is 6.35. The highest BCUT2D eigenvalue weighted by Crippen LogP contribution is 2.27.